The van der Waals surface area contributed by atoms with Crippen LogP contribution in [0.25, 0.3) is 11.3 Å². The Kier molecular flexibility index (Phi) is 5.07. The van der Waals surface area contributed by atoms with Crippen LogP contribution in [-0.4, -0.2) is 13.7 Å². The van der Waals surface area contributed by atoms with Crippen LogP contribution < -0.4 is 4.74 Å². The van der Waals surface area contributed by atoms with E-state index in [0.717, 1.165) is 22.4 Å². The Morgan fingerprint density at radius 3 is 2.44 bits per heavy atom. The highest BCUT2D eigenvalue weighted by Gasteiger charge is 2.05. The first-order valence-electron chi connectivity index (χ1n) is 5.65. The number of ether oxygens (including phenoxy) is 2. The summed E-state index contributed by atoms with van der Waals surface area (Å²) in [6.45, 7) is 11.9. The summed E-state index contributed by atoms with van der Waals surface area (Å²) in [5, 5.41) is 0. The van der Waals surface area contributed by atoms with Crippen molar-refractivity contribution in [2.24, 2.45) is 0 Å². The molecular formula is C16H18O2. The average molecular weight is 242 g/mol. The van der Waals surface area contributed by atoms with Crippen molar-refractivity contribution in [1.82, 2.24) is 0 Å². The van der Waals surface area contributed by atoms with Gasteiger partial charge in [-0.15, -0.1) is 5.92 Å². The summed E-state index contributed by atoms with van der Waals surface area (Å²) in [6, 6.07) is 5.80. The van der Waals surface area contributed by atoms with Crippen LogP contribution in [0.4, 0.5) is 0 Å². The molecule has 0 bridgehead atoms. The minimum absolute atomic E-state index is 0.370. The molecule has 18 heavy (non-hydrogen) atoms. The van der Waals surface area contributed by atoms with Crippen LogP contribution >= 0.6 is 0 Å². The molecule has 2 heteroatoms. The molecule has 0 atom stereocenters. The highest BCUT2D eigenvalue weighted by molar-refractivity contribution is 5.69. The lowest BCUT2D eigenvalue weighted by Gasteiger charge is -2.11. The fraction of sp³-hybridized carbons (Fsp3) is 0.250. The number of benzene rings is 1. The first-order valence-corrected chi connectivity index (χ1v) is 5.65. The SMILES string of the molecule is C=C(C)c1cc(OCC#CC)cc(C(=C)OC)c1. The summed E-state index contributed by atoms with van der Waals surface area (Å²) in [6.07, 6.45) is 0. The van der Waals surface area contributed by atoms with Crippen molar-refractivity contribution in [2.75, 3.05) is 13.7 Å². The molecule has 0 N–H and O–H groups in total. The molecule has 0 aliphatic carbocycles. The molecule has 0 aromatic heterocycles. The lowest BCUT2D eigenvalue weighted by molar-refractivity contribution is 0.364. The van der Waals surface area contributed by atoms with Crippen molar-refractivity contribution in [3.63, 3.8) is 0 Å². The van der Waals surface area contributed by atoms with Crippen molar-refractivity contribution < 1.29 is 9.47 Å². The first-order chi connectivity index (χ1) is 8.58. The van der Waals surface area contributed by atoms with E-state index in [4.69, 9.17) is 9.47 Å². The molecule has 1 aromatic carbocycles. The third kappa shape index (κ3) is 3.71. The van der Waals surface area contributed by atoms with E-state index in [-0.39, 0.29) is 0 Å². The van der Waals surface area contributed by atoms with Crippen molar-refractivity contribution >= 4 is 11.3 Å². The van der Waals surface area contributed by atoms with E-state index in [9.17, 15) is 0 Å². The Bertz CT molecular complexity index is 516. The lowest BCUT2D eigenvalue weighted by atomic mass is 10.0. The van der Waals surface area contributed by atoms with Gasteiger partial charge < -0.3 is 9.47 Å². The fourth-order valence-corrected chi connectivity index (χ4v) is 1.40. The normalized spacial score (nSPS) is 9.06. The molecule has 0 heterocycles. The largest absolute Gasteiger partial charge is 0.497 e. The van der Waals surface area contributed by atoms with Crippen LogP contribution in [0.5, 0.6) is 5.75 Å². The van der Waals surface area contributed by atoms with Crippen LogP contribution in [0, 0.1) is 11.8 Å². The lowest BCUT2D eigenvalue weighted by Crippen LogP contribution is -1.96. The Labute approximate surface area is 109 Å². The summed E-state index contributed by atoms with van der Waals surface area (Å²) in [4.78, 5) is 0. The maximum Gasteiger partial charge on any atom is 0.149 e. The smallest absolute Gasteiger partial charge is 0.149 e. The Balaban J connectivity index is 3.08. The van der Waals surface area contributed by atoms with Crippen LogP contribution in [0.2, 0.25) is 0 Å². The molecule has 0 saturated carbocycles. The zero-order valence-corrected chi connectivity index (χ0v) is 11.2. The molecule has 0 spiro atoms. The summed E-state index contributed by atoms with van der Waals surface area (Å²) in [7, 11) is 1.60. The van der Waals surface area contributed by atoms with Gasteiger partial charge >= 0.3 is 0 Å². The first kappa shape index (κ1) is 13.9. The molecule has 0 saturated heterocycles. The van der Waals surface area contributed by atoms with Gasteiger partial charge in [-0.2, -0.15) is 0 Å². The number of hydrogen-bond donors (Lipinski definition) is 0. The van der Waals surface area contributed by atoms with Gasteiger partial charge in [0, 0.05) is 5.56 Å². The third-order valence-corrected chi connectivity index (χ3v) is 2.46. The quantitative estimate of drug-likeness (QED) is 0.578. The summed E-state index contributed by atoms with van der Waals surface area (Å²) in [5.41, 5.74) is 2.86. The molecule has 1 rings (SSSR count). The summed E-state index contributed by atoms with van der Waals surface area (Å²) >= 11 is 0. The molecule has 94 valence electrons. The van der Waals surface area contributed by atoms with Crippen molar-refractivity contribution in [1.29, 1.82) is 0 Å². The Morgan fingerprint density at radius 2 is 1.89 bits per heavy atom. The van der Waals surface area contributed by atoms with Gasteiger partial charge in [0.15, 0.2) is 0 Å². The summed E-state index contributed by atoms with van der Waals surface area (Å²) in [5.74, 6) is 6.99. The third-order valence-electron chi connectivity index (χ3n) is 2.46. The van der Waals surface area contributed by atoms with Gasteiger partial charge in [-0.3, -0.25) is 0 Å². The molecule has 1 aromatic rings. The number of hydrogen-bond acceptors (Lipinski definition) is 2. The molecule has 2 nitrogen and oxygen atoms in total. The van der Waals surface area contributed by atoms with Crippen molar-refractivity contribution in [2.45, 2.75) is 13.8 Å². The standard InChI is InChI=1S/C16H18O2/c1-6-7-8-18-16-10-14(12(2)3)9-15(11-16)13(4)17-5/h9-11H,2,4,8H2,1,3,5H3. The molecule has 0 radical (unpaired) electrons. The number of allylic oxidation sites excluding steroid dienone is 1. The van der Waals surface area contributed by atoms with Gasteiger partial charge in [-0.1, -0.05) is 24.7 Å². The topological polar surface area (TPSA) is 18.5 Å². The van der Waals surface area contributed by atoms with Gasteiger partial charge in [-0.25, -0.2) is 0 Å². The minimum atomic E-state index is 0.370. The van der Waals surface area contributed by atoms with Gasteiger partial charge in [0.05, 0.1) is 7.11 Å². The average Bonchev–Trinajstić information content (AvgIpc) is 2.37. The van der Waals surface area contributed by atoms with E-state index in [2.05, 4.69) is 25.0 Å². The Hall–Kier alpha value is -2.14. The monoisotopic (exact) mass is 242 g/mol. The van der Waals surface area contributed by atoms with Crippen molar-refractivity contribution in [3.8, 4) is 17.6 Å². The maximum absolute atomic E-state index is 5.56. The molecule has 0 fully saturated rings. The van der Waals surface area contributed by atoms with Gasteiger partial charge in [0.25, 0.3) is 0 Å². The van der Waals surface area contributed by atoms with Crippen LogP contribution in [0.1, 0.15) is 25.0 Å². The molecular weight excluding hydrogens is 224 g/mol. The van der Waals surface area contributed by atoms with E-state index >= 15 is 0 Å². The Morgan fingerprint density at radius 1 is 1.22 bits per heavy atom. The molecule has 0 aliphatic heterocycles. The van der Waals surface area contributed by atoms with E-state index in [1.807, 2.05) is 25.1 Å². The van der Waals surface area contributed by atoms with Gasteiger partial charge in [0.1, 0.15) is 18.1 Å². The van der Waals surface area contributed by atoms with E-state index in [1.165, 1.54) is 0 Å². The van der Waals surface area contributed by atoms with E-state index in [0.29, 0.717) is 12.4 Å². The van der Waals surface area contributed by atoms with Crippen molar-refractivity contribution in [3.05, 3.63) is 42.5 Å². The van der Waals surface area contributed by atoms with Crippen LogP contribution in [0.15, 0.2) is 31.4 Å². The number of methoxy groups -OCH3 is 1. The minimum Gasteiger partial charge on any atom is -0.497 e. The van der Waals surface area contributed by atoms with Gasteiger partial charge in [-0.05, 0) is 37.6 Å². The van der Waals surface area contributed by atoms with E-state index in [1.54, 1.807) is 14.0 Å². The predicted molar refractivity (Wildman–Crippen MR) is 76.1 cm³/mol. The molecule has 0 unspecified atom stereocenters. The maximum atomic E-state index is 5.56. The fourth-order valence-electron chi connectivity index (χ4n) is 1.40. The number of rotatable bonds is 5. The highest BCUT2D eigenvalue weighted by Crippen LogP contribution is 2.25. The second-order valence-corrected chi connectivity index (χ2v) is 3.87. The second kappa shape index (κ2) is 6.56. The molecule has 0 aliphatic rings. The van der Waals surface area contributed by atoms with E-state index < -0.39 is 0 Å². The van der Waals surface area contributed by atoms with Crippen LogP contribution in [-0.2, 0) is 4.74 Å². The molecule has 0 amide bonds. The predicted octanol–water partition coefficient (Wildman–Crippen LogP) is 3.74. The second-order valence-electron chi connectivity index (χ2n) is 3.87. The highest BCUT2D eigenvalue weighted by atomic mass is 16.5. The summed E-state index contributed by atoms with van der Waals surface area (Å²) < 4.78 is 10.7. The zero-order valence-electron chi connectivity index (χ0n) is 11.2. The zero-order chi connectivity index (χ0) is 13.5. The van der Waals surface area contributed by atoms with Gasteiger partial charge in [0.2, 0.25) is 0 Å². The van der Waals surface area contributed by atoms with Crippen LogP contribution in [0.3, 0.4) is 0 Å².